The molecule has 0 spiro atoms. The molecule has 8 heteroatoms. The number of ketones is 1. The molecule has 8 nitrogen and oxygen atoms in total. The van der Waals surface area contributed by atoms with E-state index in [2.05, 4.69) is 4.98 Å². The van der Waals surface area contributed by atoms with Crippen molar-refractivity contribution < 1.29 is 29.3 Å². The lowest BCUT2D eigenvalue weighted by atomic mass is 9.93. The van der Waals surface area contributed by atoms with Gasteiger partial charge in [-0.25, -0.2) is 0 Å². The first-order valence-electron chi connectivity index (χ1n) is 12.7. The van der Waals surface area contributed by atoms with Crippen LogP contribution in [0.4, 0.5) is 0 Å². The molecule has 1 saturated heterocycles. The molecule has 5 rings (SSSR count). The fourth-order valence-corrected chi connectivity index (χ4v) is 4.82. The number of methoxy groups -OCH3 is 1. The Morgan fingerprint density at radius 2 is 1.75 bits per heavy atom. The third kappa shape index (κ3) is 5.24. The molecular weight excluding hydrogens is 508 g/mol. The Morgan fingerprint density at radius 1 is 0.975 bits per heavy atom. The molecule has 0 saturated carbocycles. The molecule has 1 aromatic heterocycles. The summed E-state index contributed by atoms with van der Waals surface area (Å²) in [5.41, 5.74) is 3.26. The molecule has 1 aliphatic rings. The average molecular weight is 537 g/mol. The zero-order valence-corrected chi connectivity index (χ0v) is 22.1. The van der Waals surface area contributed by atoms with E-state index in [4.69, 9.17) is 9.47 Å². The molecule has 2 heterocycles. The van der Waals surface area contributed by atoms with E-state index in [1.165, 1.54) is 18.1 Å². The number of nitrogens with zero attached hydrogens (tertiary/aromatic N) is 2. The third-order valence-corrected chi connectivity index (χ3v) is 6.84. The lowest BCUT2D eigenvalue weighted by Gasteiger charge is -2.26. The topological polar surface area (TPSA) is 109 Å². The van der Waals surface area contributed by atoms with Gasteiger partial charge in [0.2, 0.25) is 0 Å². The molecule has 3 aromatic carbocycles. The molecule has 0 aliphatic carbocycles. The summed E-state index contributed by atoms with van der Waals surface area (Å²) >= 11 is 0. The molecular formula is C32H28N2O6. The quantitative estimate of drug-likeness (QED) is 0.179. The summed E-state index contributed by atoms with van der Waals surface area (Å²) in [6.45, 7) is 2.27. The van der Waals surface area contributed by atoms with Gasteiger partial charge in [-0.2, -0.15) is 0 Å². The van der Waals surface area contributed by atoms with E-state index in [1.54, 1.807) is 61.8 Å². The van der Waals surface area contributed by atoms with Crippen LogP contribution in [0.25, 0.3) is 5.76 Å². The van der Waals surface area contributed by atoms with E-state index < -0.39 is 17.7 Å². The molecule has 202 valence electrons. The number of carbonyl (C=O) groups excluding carboxylic acids is 2. The molecule has 0 unspecified atom stereocenters. The molecule has 1 aliphatic heterocycles. The number of benzene rings is 3. The van der Waals surface area contributed by atoms with E-state index in [1.807, 2.05) is 30.3 Å². The molecule has 0 radical (unpaired) electrons. The van der Waals surface area contributed by atoms with Crippen molar-refractivity contribution in [2.45, 2.75) is 26.1 Å². The minimum atomic E-state index is -0.928. The number of hydrogen-bond donors (Lipinski definition) is 2. The summed E-state index contributed by atoms with van der Waals surface area (Å²) in [5, 5.41) is 21.7. The van der Waals surface area contributed by atoms with E-state index in [0.717, 1.165) is 11.1 Å². The van der Waals surface area contributed by atoms with Gasteiger partial charge in [0.1, 0.15) is 18.1 Å². The van der Waals surface area contributed by atoms with Crippen LogP contribution in [0.15, 0.2) is 96.8 Å². The molecule has 1 atom stereocenters. The highest BCUT2D eigenvalue weighted by molar-refractivity contribution is 6.46. The monoisotopic (exact) mass is 536 g/mol. The van der Waals surface area contributed by atoms with Gasteiger partial charge in [0.25, 0.3) is 11.7 Å². The van der Waals surface area contributed by atoms with Crippen molar-refractivity contribution >= 4 is 17.4 Å². The number of aliphatic hydroxyl groups is 1. The van der Waals surface area contributed by atoms with Crippen LogP contribution >= 0.6 is 0 Å². The van der Waals surface area contributed by atoms with Crippen LogP contribution < -0.4 is 9.47 Å². The smallest absolute Gasteiger partial charge is 0.295 e. The first-order valence-corrected chi connectivity index (χ1v) is 12.7. The van der Waals surface area contributed by atoms with Gasteiger partial charge in [-0.3, -0.25) is 14.6 Å². The van der Waals surface area contributed by atoms with Crippen molar-refractivity contribution in [2.24, 2.45) is 0 Å². The Kier molecular flexibility index (Phi) is 7.50. The van der Waals surface area contributed by atoms with Crippen molar-refractivity contribution in [3.05, 3.63) is 125 Å². The fourth-order valence-electron chi connectivity index (χ4n) is 4.82. The SMILES string of the molecule is COc1cc([C@H]2C(=C(O)c3ccc(OCc4ccccc4)cc3C)C(=O)C(=O)N2Cc2cccnc2)ccc1O. The molecule has 2 N–H and O–H groups in total. The second-order valence-corrected chi connectivity index (χ2v) is 9.47. The highest BCUT2D eigenvalue weighted by Crippen LogP contribution is 2.43. The number of amides is 1. The second kappa shape index (κ2) is 11.3. The summed E-state index contributed by atoms with van der Waals surface area (Å²) in [4.78, 5) is 32.3. The Hall–Kier alpha value is -5.11. The van der Waals surface area contributed by atoms with Crippen LogP contribution in [0.2, 0.25) is 0 Å². The Bertz CT molecular complexity index is 1580. The first kappa shape index (κ1) is 26.5. The summed E-state index contributed by atoms with van der Waals surface area (Å²) < 4.78 is 11.2. The number of rotatable bonds is 8. The van der Waals surface area contributed by atoms with Gasteiger partial charge in [0.05, 0.1) is 18.7 Å². The number of likely N-dealkylation sites (tertiary alicyclic amines) is 1. The molecule has 4 aromatic rings. The lowest BCUT2D eigenvalue weighted by Crippen LogP contribution is -2.29. The third-order valence-electron chi connectivity index (χ3n) is 6.84. The predicted molar refractivity (Wildman–Crippen MR) is 149 cm³/mol. The number of hydrogen-bond acceptors (Lipinski definition) is 7. The van der Waals surface area contributed by atoms with Crippen molar-refractivity contribution in [3.63, 3.8) is 0 Å². The van der Waals surface area contributed by atoms with Crippen LogP contribution in [-0.2, 0) is 22.7 Å². The number of Topliss-reactive ketones (excluding diaryl/α,β-unsaturated/α-hetero) is 1. The van der Waals surface area contributed by atoms with E-state index in [0.29, 0.717) is 29.0 Å². The largest absolute Gasteiger partial charge is 0.507 e. The second-order valence-electron chi connectivity index (χ2n) is 9.47. The number of aliphatic hydroxyl groups excluding tert-OH is 1. The maximum atomic E-state index is 13.4. The van der Waals surface area contributed by atoms with E-state index in [9.17, 15) is 19.8 Å². The Morgan fingerprint density at radius 3 is 2.45 bits per heavy atom. The number of phenolic OH excluding ortho intramolecular Hbond substituents is 1. The van der Waals surface area contributed by atoms with Gasteiger partial charge in [-0.15, -0.1) is 0 Å². The summed E-state index contributed by atoms with van der Waals surface area (Å²) in [6, 6.07) is 22.1. The number of aryl methyl sites for hydroxylation is 1. The minimum absolute atomic E-state index is 0.0531. The first-order chi connectivity index (χ1) is 19.4. The number of carbonyl (C=O) groups is 2. The summed E-state index contributed by atoms with van der Waals surface area (Å²) in [5.74, 6) is -1.14. The number of pyridine rings is 1. The Balaban J connectivity index is 1.55. The van der Waals surface area contributed by atoms with Gasteiger partial charge in [-0.1, -0.05) is 42.5 Å². The highest BCUT2D eigenvalue weighted by Gasteiger charge is 2.46. The number of ether oxygens (including phenoxy) is 2. The Labute approximate surface area is 231 Å². The molecule has 40 heavy (non-hydrogen) atoms. The van der Waals surface area contributed by atoms with Crippen molar-refractivity contribution in [1.29, 1.82) is 0 Å². The molecule has 1 amide bonds. The van der Waals surface area contributed by atoms with Crippen LogP contribution in [0, 0.1) is 6.92 Å². The minimum Gasteiger partial charge on any atom is -0.507 e. The zero-order chi connectivity index (χ0) is 28.2. The van der Waals surface area contributed by atoms with Crippen molar-refractivity contribution in [1.82, 2.24) is 9.88 Å². The van der Waals surface area contributed by atoms with Crippen molar-refractivity contribution in [3.8, 4) is 17.2 Å². The highest BCUT2D eigenvalue weighted by atomic mass is 16.5. The van der Waals surface area contributed by atoms with Gasteiger partial charge >= 0.3 is 0 Å². The van der Waals surface area contributed by atoms with Crippen LogP contribution in [0.5, 0.6) is 17.2 Å². The zero-order valence-electron chi connectivity index (χ0n) is 22.1. The standard InChI is InChI=1S/C32H28N2O6/c1-20-15-24(40-19-21-7-4-3-5-8-21)11-12-25(20)30(36)28-29(23-10-13-26(35)27(16-23)39-2)34(32(38)31(28)37)18-22-9-6-14-33-17-22/h3-17,29,35-36H,18-19H2,1-2H3/t29-/m0/s1. The molecule has 1 fully saturated rings. The summed E-state index contributed by atoms with van der Waals surface area (Å²) in [6.07, 6.45) is 3.24. The van der Waals surface area contributed by atoms with E-state index >= 15 is 0 Å². The van der Waals surface area contributed by atoms with Crippen molar-refractivity contribution in [2.75, 3.05) is 7.11 Å². The average Bonchev–Trinajstić information content (AvgIpc) is 3.22. The maximum absolute atomic E-state index is 13.4. The number of aromatic nitrogens is 1. The lowest BCUT2D eigenvalue weighted by molar-refractivity contribution is -0.140. The van der Waals surface area contributed by atoms with Gasteiger partial charge < -0.3 is 24.6 Å². The maximum Gasteiger partial charge on any atom is 0.295 e. The van der Waals surface area contributed by atoms with Crippen LogP contribution in [0.3, 0.4) is 0 Å². The van der Waals surface area contributed by atoms with Gasteiger partial charge in [-0.05, 0) is 65.6 Å². The summed E-state index contributed by atoms with van der Waals surface area (Å²) in [7, 11) is 1.41. The van der Waals surface area contributed by atoms with E-state index in [-0.39, 0.29) is 29.4 Å². The van der Waals surface area contributed by atoms with Gasteiger partial charge in [0.15, 0.2) is 11.5 Å². The van der Waals surface area contributed by atoms with Crippen LogP contribution in [0.1, 0.15) is 33.9 Å². The normalized spacial score (nSPS) is 16.2. The predicted octanol–water partition coefficient (Wildman–Crippen LogP) is 5.31. The molecule has 0 bridgehead atoms. The number of phenols is 1. The van der Waals surface area contributed by atoms with Crippen LogP contribution in [-0.4, -0.2) is 38.9 Å². The number of aromatic hydroxyl groups is 1. The fraction of sp³-hybridized carbons (Fsp3) is 0.156. The van der Waals surface area contributed by atoms with Gasteiger partial charge in [0, 0.05) is 24.5 Å².